The van der Waals surface area contributed by atoms with Crippen LogP contribution in [0.25, 0.3) is 11.4 Å². The maximum absolute atomic E-state index is 2.49. The highest BCUT2D eigenvalue weighted by Gasteiger charge is 2.42. The molecule has 0 saturated heterocycles. The van der Waals surface area contributed by atoms with Gasteiger partial charge in [-0.2, -0.15) is 0 Å². The van der Waals surface area contributed by atoms with Crippen molar-refractivity contribution in [2.45, 2.75) is 62.1 Å². The van der Waals surface area contributed by atoms with Gasteiger partial charge in [0.2, 0.25) is 0 Å². The van der Waals surface area contributed by atoms with Crippen LogP contribution in [-0.4, -0.2) is 0 Å². The molecular formula is C19H26N2+2. The number of nitrogens with zero attached hydrogens (tertiary/aromatic N) is 2. The second-order valence-electron chi connectivity index (χ2n) is 6.62. The van der Waals surface area contributed by atoms with Gasteiger partial charge < -0.3 is 0 Å². The quantitative estimate of drug-likeness (QED) is 0.559. The number of rotatable bonds is 0. The minimum atomic E-state index is 0.951. The molecule has 2 aromatic heterocycles. The number of pyridine rings is 2. The molecule has 2 heteroatoms. The summed E-state index contributed by atoms with van der Waals surface area (Å²) in [7, 11) is 0. The summed E-state index contributed by atoms with van der Waals surface area (Å²) < 4.78 is 4.98. The van der Waals surface area contributed by atoms with Gasteiger partial charge in [0.05, 0.1) is 0 Å². The second-order valence-corrected chi connectivity index (χ2v) is 6.62. The zero-order chi connectivity index (χ0) is 15.6. The van der Waals surface area contributed by atoms with Crippen LogP contribution in [0.1, 0.15) is 44.8 Å². The summed E-state index contributed by atoms with van der Waals surface area (Å²) in [4.78, 5) is 0. The van der Waals surface area contributed by atoms with Crippen LogP contribution in [0.15, 0.2) is 0 Å². The van der Waals surface area contributed by atoms with Gasteiger partial charge in [-0.25, -0.2) is 0 Å². The van der Waals surface area contributed by atoms with E-state index in [1.54, 1.807) is 0 Å². The van der Waals surface area contributed by atoms with Crippen molar-refractivity contribution in [3.05, 3.63) is 44.8 Å². The molecule has 0 saturated carbocycles. The van der Waals surface area contributed by atoms with Crippen molar-refractivity contribution >= 4 is 0 Å². The van der Waals surface area contributed by atoms with Crippen molar-refractivity contribution in [3.63, 3.8) is 0 Å². The minimum Gasteiger partial charge on any atom is -0.130 e. The van der Waals surface area contributed by atoms with Crippen molar-refractivity contribution in [2.75, 3.05) is 0 Å². The van der Waals surface area contributed by atoms with E-state index in [0.29, 0.717) is 0 Å². The van der Waals surface area contributed by atoms with E-state index in [0.717, 1.165) is 6.67 Å². The number of aromatic nitrogens is 2. The molecule has 0 aromatic carbocycles. The normalized spacial score (nSPS) is 12.6. The Kier molecular flexibility index (Phi) is 2.98. The summed E-state index contributed by atoms with van der Waals surface area (Å²) in [5.74, 6) is 0. The highest BCUT2D eigenvalue weighted by atomic mass is 15.2. The summed E-state index contributed by atoms with van der Waals surface area (Å²) in [5, 5.41) is 0. The SMILES string of the molecule is Cc1c(C)c(C)[n+]2c(c1C)-c1c(C)c(C)c(C)c(C)[n+]1C2. The summed E-state index contributed by atoms with van der Waals surface area (Å²) in [6.45, 7) is 19.0. The largest absolute Gasteiger partial charge is 0.345 e. The first-order valence-electron chi connectivity index (χ1n) is 7.78. The molecule has 0 amide bonds. The van der Waals surface area contributed by atoms with Crippen molar-refractivity contribution in [1.29, 1.82) is 0 Å². The predicted octanol–water partition coefficient (Wildman–Crippen LogP) is 3.22. The van der Waals surface area contributed by atoms with E-state index in [2.05, 4.69) is 64.5 Å². The zero-order valence-corrected chi connectivity index (χ0v) is 14.6. The summed E-state index contributed by atoms with van der Waals surface area (Å²) in [6.07, 6.45) is 0. The Hall–Kier alpha value is -1.70. The Bertz CT molecular complexity index is 731. The van der Waals surface area contributed by atoms with Crippen molar-refractivity contribution < 1.29 is 9.13 Å². The monoisotopic (exact) mass is 282 g/mol. The molecule has 0 radical (unpaired) electrons. The van der Waals surface area contributed by atoms with Crippen LogP contribution in [0.3, 0.4) is 0 Å². The lowest BCUT2D eigenvalue weighted by atomic mass is 9.95. The molecule has 110 valence electrons. The van der Waals surface area contributed by atoms with Gasteiger partial charge in [-0.15, -0.1) is 9.13 Å². The third kappa shape index (κ3) is 1.65. The molecule has 1 aliphatic heterocycles. The lowest BCUT2D eigenvalue weighted by Crippen LogP contribution is -2.49. The molecule has 0 unspecified atom stereocenters. The zero-order valence-electron chi connectivity index (χ0n) is 14.6. The van der Waals surface area contributed by atoms with Crippen LogP contribution in [-0.2, 0) is 6.67 Å². The maximum atomic E-state index is 2.49. The maximum Gasteiger partial charge on any atom is 0.345 e. The van der Waals surface area contributed by atoms with Crippen molar-refractivity contribution in [2.24, 2.45) is 0 Å². The fraction of sp³-hybridized carbons (Fsp3) is 0.474. The molecule has 0 N–H and O–H groups in total. The molecule has 0 spiro atoms. The molecule has 2 nitrogen and oxygen atoms in total. The van der Waals surface area contributed by atoms with Gasteiger partial charge in [0.25, 0.3) is 11.4 Å². The van der Waals surface area contributed by atoms with Gasteiger partial charge in [-0.3, -0.25) is 0 Å². The third-order valence-corrected chi connectivity index (χ3v) is 5.90. The van der Waals surface area contributed by atoms with Gasteiger partial charge >= 0.3 is 6.67 Å². The fourth-order valence-corrected chi connectivity index (χ4v) is 3.71. The predicted molar refractivity (Wildman–Crippen MR) is 85.6 cm³/mol. The lowest BCUT2D eigenvalue weighted by molar-refractivity contribution is -0.882. The molecule has 2 aromatic rings. The molecule has 0 aliphatic carbocycles. The first kappa shape index (κ1) is 14.2. The molecule has 3 heterocycles. The summed E-state index contributed by atoms with van der Waals surface area (Å²) in [6, 6.07) is 0. The smallest absolute Gasteiger partial charge is 0.130 e. The van der Waals surface area contributed by atoms with E-state index >= 15 is 0 Å². The number of hydrogen-bond donors (Lipinski definition) is 0. The van der Waals surface area contributed by atoms with E-state index in [4.69, 9.17) is 0 Å². The van der Waals surface area contributed by atoms with E-state index in [1.807, 2.05) is 0 Å². The van der Waals surface area contributed by atoms with E-state index in [1.165, 1.54) is 56.2 Å². The molecule has 0 atom stereocenters. The van der Waals surface area contributed by atoms with Crippen LogP contribution < -0.4 is 9.13 Å². The molecule has 3 rings (SSSR count). The lowest BCUT2D eigenvalue weighted by Gasteiger charge is -2.08. The van der Waals surface area contributed by atoms with Crippen molar-refractivity contribution in [3.8, 4) is 11.4 Å². The number of fused-ring (bicyclic) bond motifs is 3. The first-order valence-corrected chi connectivity index (χ1v) is 7.78. The average molecular weight is 282 g/mol. The molecule has 0 fully saturated rings. The highest BCUT2D eigenvalue weighted by Crippen LogP contribution is 2.31. The summed E-state index contributed by atoms with van der Waals surface area (Å²) >= 11 is 0. The Labute approximate surface area is 128 Å². The second kappa shape index (κ2) is 4.40. The van der Waals surface area contributed by atoms with E-state index in [9.17, 15) is 0 Å². The number of hydrogen-bond acceptors (Lipinski definition) is 0. The van der Waals surface area contributed by atoms with Crippen LogP contribution in [0.2, 0.25) is 0 Å². The van der Waals surface area contributed by atoms with Crippen LogP contribution >= 0.6 is 0 Å². The van der Waals surface area contributed by atoms with E-state index < -0.39 is 0 Å². The van der Waals surface area contributed by atoms with Crippen LogP contribution in [0.5, 0.6) is 0 Å². The molecule has 1 aliphatic rings. The fourth-order valence-electron chi connectivity index (χ4n) is 3.71. The van der Waals surface area contributed by atoms with Crippen molar-refractivity contribution in [1.82, 2.24) is 0 Å². The standard InChI is InChI=1S/C19H26N2/c1-10-12(3)16(7)20-9-21-17(8)13(4)11(2)15(6)19(21)18(20)14(10)5/h9H2,1-8H3/q+2. The summed E-state index contributed by atoms with van der Waals surface area (Å²) in [5.41, 5.74) is 14.2. The van der Waals surface area contributed by atoms with Gasteiger partial charge in [0, 0.05) is 36.1 Å². The Morgan fingerprint density at radius 3 is 1.14 bits per heavy atom. The first-order chi connectivity index (χ1) is 9.77. The Balaban J connectivity index is 2.49. The third-order valence-electron chi connectivity index (χ3n) is 5.90. The van der Waals surface area contributed by atoms with Crippen LogP contribution in [0.4, 0.5) is 0 Å². The molecule has 21 heavy (non-hydrogen) atoms. The Morgan fingerprint density at radius 1 is 0.476 bits per heavy atom. The van der Waals surface area contributed by atoms with Crippen LogP contribution in [0, 0.1) is 55.4 Å². The topological polar surface area (TPSA) is 7.76 Å². The van der Waals surface area contributed by atoms with Gasteiger partial charge in [0.15, 0.2) is 11.4 Å². The minimum absolute atomic E-state index is 0.951. The molecule has 0 bridgehead atoms. The van der Waals surface area contributed by atoms with Gasteiger partial charge in [-0.05, 0) is 52.7 Å². The highest BCUT2D eigenvalue weighted by molar-refractivity contribution is 5.62. The molecular weight excluding hydrogens is 256 g/mol. The van der Waals surface area contributed by atoms with E-state index in [-0.39, 0.29) is 0 Å². The Morgan fingerprint density at radius 2 is 0.810 bits per heavy atom. The van der Waals surface area contributed by atoms with Gasteiger partial charge in [-0.1, -0.05) is 0 Å². The van der Waals surface area contributed by atoms with Gasteiger partial charge in [0.1, 0.15) is 0 Å². The average Bonchev–Trinajstić information content (AvgIpc) is 2.87.